The molecule has 13 heavy (non-hydrogen) atoms. The van der Waals surface area contributed by atoms with Crippen molar-refractivity contribution in [3.05, 3.63) is 18.0 Å². The Morgan fingerprint density at radius 2 is 2.46 bits per heavy atom. The van der Waals surface area contributed by atoms with Gasteiger partial charge in [-0.1, -0.05) is 0 Å². The summed E-state index contributed by atoms with van der Waals surface area (Å²) >= 11 is 1.86. The smallest absolute Gasteiger partial charge is 0.0537 e. The average molecular weight is 199 g/mol. The second kappa shape index (κ2) is 5.29. The van der Waals surface area contributed by atoms with Crippen molar-refractivity contribution >= 4 is 11.8 Å². The van der Waals surface area contributed by atoms with Gasteiger partial charge in [-0.05, 0) is 13.2 Å². The molecular weight excluding hydrogens is 182 g/mol. The average Bonchev–Trinajstić information content (AvgIpc) is 2.52. The number of nitrogens with one attached hydrogen (secondary N) is 1. The fraction of sp³-hybridized carbons (Fsp3) is 0.667. The molecule has 1 aromatic heterocycles. The Morgan fingerprint density at radius 1 is 1.69 bits per heavy atom. The highest BCUT2D eigenvalue weighted by atomic mass is 32.2. The Labute approximate surface area is 83.9 Å². The molecular formula is C9H17N3S. The SMILES string of the molecule is CSCCNC(C)c1cnn(C)c1. The molecule has 0 aliphatic carbocycles. The zero-order valence-electron chi connectivity index (χ0n) is 8.45. The van der Waals surface area contributed by atoms with Gasteiger partial charge >= 0.3 is 0 Å². The van der Waals surface area contributed by atoms with Gasteiger partial charge in [-0.2, -0.15) is 16.9 Å². The number of hydrogen-bond donors (Lipinski definition) is 1. The molecule has 3 nitrogen and oxygen atoms in total. The first kappa shape index (κ1) is 10.6. The van der Waals surface area contributed by atoms with Crippen LogP contribution in [0.1, 0.15) is 18.5 Å². The predicted octanol–water partition coefficient (Wildman–Crippen LogP) is 1.43. The summed E-state index contributed by atoms with van der Waals surface area (Å²) in [7, 11) is 1.94. The molecule has 1 rings (SSSR count). The van der Waals surface area contributed by atoms with Crippen molar-refractivity contribution in [3.63, 3.8) is 0 Å². The van der Waals surface area contributed by atoms with Gasteiger partial charge in [0, 0.05) is 37.1 Å². The van der Waals surface area contributed by atoms with E-state index in [4.69, 9.17) is 0 Å². The Morgan fingerprint density at radius 3 is 3.00 bits per heavy atom. The van der Waals surface area contributed by atoms with Gasteiger partial charge in [0.15, 0.2) is 0 Å². The second-order valence-corrected chi connectivity index (χ2v) is 4.10. The van der Waals surface area contributed by atoms with Crippen molar-refractivity contribution in [2.24, 2.45) is 7.05 Å². The van der Waals surface area contributed by atoms with Crippen molar-refractivity contribution in [1.29, 1.82) is 0 Å². The first-order valence-corrected chi connectivity index (χ1v) is 5.84. The third-order valence-corrected chi connectivity index (χ3v) is 2.59. The van der Waals surface area contributed by atoms with Crippen molar-refractivity contribution < 1.29 is 0 Å². The minimum absolute atomic E-state index is 0.404. The maximum absolute atomic E-state index is 4.14. The minimum Gasteiger partial charge on any atom is -0.309 e. The van der Waals surface area contributed by atoms with Gasteiger partial charge in [0.1, 0.15) is 0 Å². The highest BCUT2D eigenvalue weighted by Crippen LogP contribution is 2.09. The van der Waals surface area contributed by atoms with Crippen LogP contribution in [-0.4, -0.2) is 28.3 Å². The van der Waals surface area contributed by atoms with Crippen molar-refractivity contribution in [3.8, 4) is 0 Å². The lowest BCUT2D eigenvalue weighted by atomic mass is 10.2. The van der Waals surface area contributed by atoms with E-state index in [2.05, 4.69) is 29.8 Å². The van der Waals surface area contributed by atoms with Crippen LogP contribution < -0.4 is 5.32 Å². The molecule has 0 spiro atoms. The van der Waals surface area contributed by atoms with Gasteiger partial charge in [-0.15, -0.1) is 0 Å². The molecule has 0 aliphatic heterocycles. The normalized spacial score (nSPS) is 13.2. The van der Waals surface area contributed by atoms with Crippen LogP contribution in [0.4, 0.5) is 0 Å². The third kappa shape index (κ3) is 3.40. The van der Waals surface area contributed by atoms with E-state index in [0.717, 1.165) is 12.3 Å². The van der Waals surface area contributed by atoms with Crippen LogP contribution in [0.15, 0.2) is 12.4 Å². The number of aromatic nitrogens is 2. The van der Waals surface area contributed by atoms with Gasteiger partial charge < -0.3 is 5.32 Å². The molecule has 0 saturated heterocycles. The van der Waals surface area contributed by atoms with Gasteiger partial charge in [-0.3, -0.25) is 4.68 Å². The molecule has 0 radical (unpaired) electrons. The maximum atomic E-state index is 4.14. The molecule has 1 unspecified atom stereocenters. The highest BCUT2D eigenvalue weighted by Gasteiger charge is 2.05. The van der Waals surface area contributed by atoms with Crippen molar-refractivity contribution in [1.82, 2.24) is 15.1 Å². The molecule has 1 aromatic rings. The predicted molar refractivity (Wildman–Crippen MR) is 58.0 cm³/mol. The largest absolute Gasteiger partial charge is 0.309 e. The number of nitrogens with zero attached hydrogens (tertiary/aromatic N) is 2. The van der Waals surface area contributed by atoms with E-state index in [1.165, 1.54) is 5.56 Å². The molecule has 74 valence electrons. The molecule has 0 saturated carbocycles. The van der Waals surface area contributed by atoms with E-state index in [9.17, 15) is 0 Å². The van der Waals surface area contributed by atoms with E-state index >= 15 is 0 Å². The Balaban J connectivity index is 2.35. The molecule has 0 aliphatic rings. The van der Waals surface area contributed by atoms with Crippen molar-refractivity contribution in [2.75, 3.05) is 18.6 Å². The Hall–Kier alpha value is -0.480. The fourth-order valence-electron chi connectivity index (χ4n) is 1.16. The van der Waals surface area contributed by atoms with Crippen LogP contribution >= 0.6 is 11.8 Å². The summed E-state index contributed by atoms with van der Waals surface area (Å²) in [6.45, 7) is 3.22. The Kier molecular flexibility index (Phi) is 4.32. The van der Waals surface area contributed by atoms with Crippen LogP contribution in [0.25, 0.3) is 0 Å². The maximum Gasteiger partial charge on any atom is 0.0537 e. The fourth-order valence-corrected chi connectivity index (χ4v) is 1.48. The molecule has 0 bridgehead atoms. The Bertz CT molecular complexity index is 247. The van der Waals surface area contributed by atoms with Crippen molar-refractivity contribution in [2.45, 2.75) is 13.0 Å². The van der Waals surface area contributed by atoms with Crippen LogP contribution in [-0.2, 0) is 7.05 Å². The molecule has 1 N–H and O–H groups in total. The number of aryl methyl sites for hydroxylation is 1. The second-order valence-electron chi connectivity index (χ2n) is 3.12. The molecule has 4 heteroatoms. The topological polar surface area (TPSA) is 29.9 Å². The van der Waals surface area contributed by atoms with Crippen LogP contribution in [0.5, 0.6) is 0 Å². The first-order chi connectivity index (χ1) is 6.24. The van der Waals surface area contributed by atoms with Gasteiger partial charge in [0.25, 0.3) is 0 Å². The van der Waals surface area contributed by atoms with E-state index in [-0.39, 0.29) is 0 Å². The van der Waals surface area contributed by atoms with Gasteiger partial charge in [0.05, 0.1) is 6.20 Å². The summed E-state index contributed by atoms with van der Waals surface area (Å²) in [4.78, 5) is 0. The van der Waals surface area contributed by atoms with Crippen LogP contribution in [0.2, 0.25) is 0 Å². The van der Waals surface area contributed by atoms with Gasteiger partial charge in [0.2, 0.25) is 0 Å². The molecule has 0 fully saturated rings. The number of rotatable bonds is 5. The third-order valence-electron chi connectivity index (χ3n) is 1.98. The number of hydrogen-bond acceptors (Lipinski definition) is 3. The summed E-state index contributed by atoms with van der Waals surface area (Å²) in [5.74, 6) is 1.16. The molecule has 0 amide bonds. The number of thioether (sulfide) groups is 1. The molecule has 1 atom stereocenters. The highest BCUT2D eigenvalue weighted by molar-refractivity contribution is 7.98. The lowest BCUT2D eigenvalue weighted by Crippen LogP contribution is -2.20. The van der Waals surface area contributed by atoms with Crippen LogP contribution in [0, 0.1) is 0 Å². The quantitative estimate of drug-likeness (QED) is 0.728. The van der Waals surface area contributed by atoms with E-state index < -0.39 is 0 Å². The summed E-state index contributed by atoms with van der Waals surface area (Å²) in [6.07, 6.45) is 6.09. The summed E-state index contributed by atoms with van der Waals surface area (Å²) in [6, 6.07) is 0.404. The van der Waals surface area contributed by atoms with E-state index in [1.807, 2.05) is 29.7 Å². The molecule has 0 aromatic carbocycles. The zero-order valence-corrected chi connectivity index (χ0v) is 9.27. The summed E-state index contributed by atoms with van der Waals surface area (Å²) in [5.41, 5.74) is 1.25. The molecule has 1 heterocycles. The van der Waals surface area contributed by atoms with Gasteiger partial charge in [-0.25, -0.2) is 0 Å². The summed E-state index contributed by atoms with van der Waals surface area (Å²) < 4.78 is 1.84. The standard InChI is InChI=1S/C9H17N3S/c1-8(10-4-5-13-3)9-6-11-12(2)7-9/h6-8,10H,4-5H2,1-3H3. The monoisotopic (exact) mass is 199 g/mol. The summed E-state index contributed by atoms with van der Waals surface area (Å²) in [5, 5.41) is 7.58. The van der Waals surface area contributed by atoms with Crippen LogP contribution in [0.3, 0.4) is 0 Å². The zero-order chi connectivity index (χ0) is 9.68. The van der Waals surface area contributed by atoms with E-state index in [0.29, 0.717) is 6.04 Å². The first-order valence-electron chi connectivity index (χ1n) is 4.45. The minimum atomic E-state index is 0.404. The lowest BCUT2D eigenvalue weighted by Gasteiger charge is -2.10. The van der Waals surface area contributed by atoms with E-state index in [1.54, 1.807) is 0 Å². The lowest BCUT2D eigenvalue weighted by molar-refractivity contribution is 0.600.